The van der Waals surface area contributed by atoms with Gasteiger partial charge in [0.1, 0.15) is 5.82 Å². The monoisotopic (exact) mass is 230 g/mol. The maximum Gasteiger partial charge on any atom is 0.146 e. The van der Waals surface area contributed by atoms with E-state index in [0.717, 1.165) is 0 Å². The van der Waals surface area contributed by atoms with Gasteiger partial charge in [0.05, 0.1) is 5.69 Å². The third-order valence-corrected chi connectivity index (χ3v) is 2.20. The second kappa shape index (κ2) is 4.37. The van der Waals surface area contributed by atoms with Gasteiger partial charge in [0, 0.05) is 24.2 Å². The predicted molar refractivity (Wildman–Crippen MR) is 62.9 cm³/mol. The molecule has 0 unspecified atom stereocenters. The molecule has 2 N–H and O–H groups in total. The molecule has 0 spiro atoms. The Morgan fingerprint density at radius 2 is 2.07 bits per heavy atom. The summed E-state index contributed by atoms with van der Waals surface area (Å²) in [7, 11) is 1.79. The highest BCUT2D eigenvalue weighted by Crippen LogP contribution is 2.23. The Morgan fingerprint density at radius 1 is 1.47 bits per heavy atom. The van der Waals surface area contributed by atoms with Crippen molar-refractivity contribution in [3.05, 3.63) is 29.0 Å². The van der Waals surface area contributed by atoms with E-state index in [0.29, 0.717) is 17.3 Å². The Kier molecular flexibility index (Phi) is 3.58. The average Bonchev–Trinajstić information content (AvgIpc) is 2.06. The lowest BCUT2D eigenvalue weighted by molar-refractivity contribution is 0.513. The van der Waals surface area contributed by atoms with Crippen molar-refractivity contribution in [2.24, 2.45) is 5.73 Å². The van der Waals surface area contributed by atoms with Gasteiger partial charge in [-0.2, -0.15) is 0 Å². The van der Waals surface area contributed by atoms with Gasteiger partial charge >= 0.3 is 0 Å². The Labute approximate surface area is 94.8 Å². The molecule has 1 rings (SSSR count). The van der Waals surface area contributed by atoms with Gasteiger partial charge in [0.15, 0.2) is 0 Å². The first-order valence-corrected chi connectivity index (χ1v) is 5.12. The van der Waals surface area contributed by atoms with Gasteiger partial charge in [-0.3, -0.25) is 0 Å². The lowest BCUT2D eigenvalue weighted by Crippen LogP contribution is -2.44. The van der Waals surface area contributed by atoms with Crippen LogP contribution in [0.3, 0.4) is 0 Å². The van der Waals surface area contributed by atoms with Crippen LogP contribution in [0.15, 0.2) is 18.2 Å². The Hall–Kier alpha value is -0.800. The molecule has 2 nitrogen and oxygen atoms in total. The Morgan fingerprint density at radius 3 is 2.60 bits per heavy atom. The molecule has 0 aliphatic rings. The normalized spacial score (nSPS) is 11.6. The number of anilines is 1. The summed E-state index contributed by atoms with van der Waals surface area (Å²) in [6.07, 6.45) is 0. The maximum atomic E-state index is 13.5. The molecule has 0 atom stereocenters. The molecule has 84 valence electrons. The number of nitrogens with zero attached hydrogens (tertiary/aromatic N) is 1. The maximum absolute atomic E-state index is 13.5. The topological polar surface area (TPSA) is 29.3 Å². The van der Waals surface area contributed by atoms with Crippen LogP contribution in [0.25, 0.3) is 0 Å². The number of hydrogen-bond acceptors (Lipinski definition) is 2. The molecule has 0 aliphatic carbocycles. The summed E-state index contributed by atoms with van der Waals surface area (Å²) >= 11 is 5.81. The molecule has 15 heavy (non-hydrogen) atoms. The molecule has 0 heterocycles. The van der Waals surface area contributed by atoms with E-state index in [4.69, 9.17) is 17.3 Å². The fraction of sp³-hybridized carbons (Fsp3) is 0.455. The number of benzene rings is 1. The van der Waals surface area contributed by atoms with Crippen molar-refractivity contribution in [1.29, 1.82) is 0 Å². The van der Waals surface area contributed by atoms with Crippen LogP contribution in [0.1, 0.15) is 13.8 Å². The minimum absolute atomic E-state index is 0.286. The largest absolute Gasteiger partial charge is 0.370 e. The van der Waals surface area contributed by atoms with E-state index < -0.39 is 0 Å². The molecule has 1 aromatic rings. The predicted octanol–water partition coefficient (Wildman–Crippen LogP) is 2.65. The highest BCUT2D eigenvalue weighted by atomic mass is 35.5. The third kappa shape index (κ3) is 3.68. The molecule has 0 bridgehead atoms. The van der Waals surface area contributed by atoms with E-state index in [1.54, 1.807) is 18.0 Å². The lowest BCUT2D eigenvalue weighted by Gasteiger charge is -2.28. The van der Waals surface area contributed by atoms with Crippen molar-refractivity contribution >= 4 is 17.3 Å². The van der Waals surface area contributed by atoms with E-state index >= 15 is 0 Å². The summed E-state index contributed by atoms with van der Waals surface area (Å²) in [5, 5.41) is 0.521. The zero-order valence-corrected chi connectivity index (χ0v) is 9.98. The fourth-order valence-corrected chi connectivity index (χ4v) is 1.64. The quantitative estimate of drug-likeness (QED) is 0.865. The van der Waals surface area contributed by atoms with Gasteiger partial charge in [0.25, 0.3) is 0 Å². The van der Waals surface area contributed by atoms with Crippen molar-refractivity contribution < 1.29 is 4.39 Å². The lowest BCUT2D eigenvalue weighted by atomic mass is 10.1. The first-order valence-electron chi connectivity index (χ1n) is 4.75. The van der Waals surface area contributed by atoms with Gasteiger partial charge in [-0.25, -0.2) is 4.39 Å². The second-order valence-electron chi connectivity index (χ2n) is 4.44. The number of nitrogens with two attached hydrogens (primary N) is 1. The van der Waals surface area contributed by atoms with Crippen LogP contribution in [-0.2, 0) is 0 Å². The number of halogens is 2. The summed E-state index contributed by atoms with van der Waals surface area (Å²) in [6, 6.07) is 4.49. The summed E-state index contributed by atoms with van der Waals surface area (Å²) in [6.45, 7) is 4.35. The van der Waals surface area contributed by atoms with E-state index in [1.807, 2.05) is 13.8 Å². The minimum atomic E-state index is -0.372. The first kappa shape index (κ1) is 12.3. The number of likely N-dealkylation sites (N-methyl/N-ethyl adjacent to an activating group) is 1. The second-order valence-corrected chi connectivity index (χ2v) is 4.88. The number of rotatable bonds is 3. The van der Waals surface area contributed by atoms with Crippen LogP contribution < -0.4 is 10.6 Å². The van der Waals surface area contributed by atoms with Gasteiger partial charge in [0.2, 0.25) is 0 Å². The van der Waals surface area contributed by atoms with Gasteiger partial charge in [-0.05, 0) is 32.0 Å². The highest BCUT2D eigenvalue weighted by Gasteiger charge is 2.16. The molecule has 0 saturated heterocycles. The first-order chi connectivity index (χ1) is 6.79. The van der Waals surface area contributed by atoms with E-state index in [-0.39, 0.29) is 11.4 Å². The average molecular weight is 231 g/mol. The SMILES string of the molecule is CN(CC(C)(C)N)c1cc(Cl)ccc1F. The molecule has 0 saturated carbocycles. The van der Waals surface area contributed by atoms with Gasteiger partial charge in [-0.15, -0.1) is 0 Å². The Balaban J connectivity index is 2.90. The van der Waals surface area contributed by atoms with Crippen LogP contribution in [0.2, 0.25) is 5.02 Å². The standard InChI is InChI=1S/C11H16ClFN2/c1-11(2,14)7-15(3)10-6-8(12)4-5-9(10)13/h4-6H,7,14H2,1-3H3. The molecule has 0 amide bonds. The highest BCUT2D eigenvalue weighted by molar-refractivity contribution is 6.30. The van der Waals surface area contributed by atoms with Crippen LogP contribution in [-0.4, -0.2) is 19.1 Å². The summed E-state index contributed by atoms with van der Waals surface area (Å²) in [5.41, 5.74) is 5.97. The van der Waals surface area contributed by atoms with Crippen LogP contribution in [0.4, 0.5) is 10.1 Å². The van der Waals surface area contributed by atoms with Crippen molar-refractivity contribution in [3.8, 4) is 0 Å². The van der Waals surface area contributed by atoms with Gasteiger partial charge < -0.3 is 10.6 Å². The summed E-state index contributed by atoms with van der Waals surface area (Å²) in [4.78, 5) is 1.77. The van der Waals surface area contributed by atoms with Crippen LogP contribution in [0, 0.1) is 5.82 Å². The minimum Gasteiger partial charge on any atom is -0.370 e. The number of hydrogen-bond donors (Lipinski definition) is 1. The van der Waals surface area contributed by atoms with E-state index in [9.17, 15) is 4.39 Å². The van der Waals surface area contributed by atoms with Crippen molar-refractivity contribution in [2.45, 2.75) is 19.4 Å². The fourth-order valence-electron chi connectivity index (χ4n) is 1.47. The van der Waals surface area contributed by atoms with Crippen molar-refractivity contribution in [2.75, 3.05) is 18.5 Å². The smallest absolute Gasteiger partial charge is 0.146 e. The third-order valence-electron chi connectivity index (χ3n) is 1.96. The zero-order valence-electron chi connectivity index (χ0n) is 9.22. The van der Waals surface area contributed by atoms with E-state index in [2.05, 4.69) is 0 Å². The molecule has 0 fully saturated rings. The molecule has 0 radical (unpaired) electrons. The van der Waals surface area contributed by atoms with Crippen LogP contribution in [0.5, 0.6) is 0 Å². The zero-order chi connectivity index (χ0) is 11.6. The van der Waals surface area contributed by atoms with Crippen molar-refractivity contribution in [3.63, 3.8) is 0 Å². The van der Waals surface area contributed by atoms with Gasteiger partial charge in [-0.1, -0.05) is 11.6 Å². The summed E-state index contributed by atoms with van der Waals surface area (Å²) in [5.74, 6) is -0.286. The molecule has 0 aliphatic heterocycles. The molecule has 1 aromatic carbocycles. The molecule has 0 aromatic heterocycles. The van der Waals surface area contributed by atoms with Crippen LogP contribution >= 0.6 is 11.6 Å². The van der Waals surface area contributed by atoms with Crippen molar-refractivity contribution in [1.82, 2.24) is 0 Å². The van der Waals surface area contributed by atoms with E-state index in [1.165, 1.54) is 12.1 Å². The Bertz CT molecular complexity index is 347. The molecular weight excluding hydrogens is 215 g/mol. The summed E-state index contributed by atoms with van der Waals surface area (Å²) < 4.78 is 13.5. The molecular formula is C11H16ClFN2. The molecule has 4 heteroatoms.